The second-order valence-corrected chi connectivity index (χ2v) is 11.6. The summed E-state index contributed by atoms with van der Waals surface area (Å²) in [6, 6.07) is 11.9. The van der Waals surface area contributed by atoms with Crippen LogP contribution in [0.2, 0.25) is 0 Å². The average Bonchev–Trinajstić information content (AvgIpc) is 3.23. The number of piperidine rings is 1. The largest absolute Gasteiger partial charge is 0.495 e. The van der Waals surface area contributed by atoms with Gasteiger partial charge < -0.3 is 24.8 Å². The van der Waals surface area contributed by atoms with Crippen molar-refractivity contribution in [1.82, 2.24) is 9.47 Å². The normalized spacial score (nSPS) is 15.2. The zero-order chi connectivity index (χ0) is 29.1. The van der Waals surface area contributed by atoms with Crippen molar-refractivity contribution in [2.75, 3.05) is 37.4 Å². The fourth-order valence-electron chi connectivity index (χ4n) is 4.91. The number of rotatable bonds is 8. The van der Waals surface area contributed by atoms with Crippen LogP contribution < -0.4 is 20.5 Å². The lowest BCUT2D eigenvalue weighted by Crippen LogP contribution is -2.42. The molecule has 0 radical (unpaired) electrons. The van der Waals surface area contributed by atoms with Crippen molar-refractivity contribution in [2.45, 2.75) is 56.4 Å². The predicted molar refractivity (Wildman–Crippen MR) is 151 cm³/mol. The Morgan fingerprint density at radius 1 is 1.12 bits per heavy atom. The maximum Gasteiger partial charge on any atom is 0.406 e. The van der Waals surface area contributed by atoms with Gasteiger partial charge in [0.1, 0.15) is 12.3 Å². The van der Waals surface area contributed by atoms with Crippen LogP contribution in [-0.4, -0.2) is 62.9 Å². The predicted octanol–water partition coefficient (Wildman–Crippen LogP) is 4.61. The standard InChI is InChI=1S/C28H34F3N5O3S/c1-19(2)35-14-11-20(12-15-35)34-24-7-4-8-26-23(24)16-21(36(26)18-28(29,30)31)6-5-13-33-25-10-9-22(40(32,37)38)17-27(25)39-3/h4,7-10,16-17,19-20,33-34H,11-15,18H2,1-3H3,(H2,32,37,38). The van der Waals surface area contributed by atoms with Gasteiger partial charge in [-0.2, -0.15) is 13.2 Å². The molecule has 8 nitrogen and oxygen atoms in total. The number of nitrogens with zero attached hydrogens (tertiary/aromatic N) is 2. The Morgan fingerprint density at radius 3 is 2.48 bits per heavy atom. The summed E-state index contributed by atoms with van der Waals surface area (Å²) in [7, 11) is -2.52. The number of anilines is 2. The van der Waals surface area contributed by atoms with E-state index in [-0.39, 0.29) is 28.9 Å². The molecule has 12 heteroatoms. The Morgan fingerprint density at radius 2 is 1.85 bits per heavy atom. The Bertz CT molecular complexity index is 1520. The lowest BCUT2D eigenvalue weighted by molar-refractivity contribution is -0.140. The fraction of sp³-hybridized carbons (Fsp3) is 0.429. The first kappa shape index (κ1) is 29.6. The molecule has 0 amide bonds. The van der Waals surface area contributed by atoms with Crippen molar-refractivity contribution < 1.29 is 26.3 Å². The summed E-state index contributed by atoms with van der Waals surface area (Å²) in [6.07, 6.45) is -2.51. The third-order valence-electron chi connectivity index (χ3n) is 6.99. The first-order chi connectivity index (χ1) is 18.9. The SMILES string of the molecule is COc1cc(S(N)(=O)=O)ccc1NCC#Cc1cc2c(NC3CCN(C(C)C)CC3)cccc2n1CC(F)(F)F. The quantitative estimate of drug-likeness (QED) is 0.338. The van der Waals surface area contributed by atoms with Gasteiger partial charge in [-0.15, -0.1) is 0 Å². The smallest absolute Gasteiger partial charge is 0.406 e. The number of nitrogens with two attached hydrogens (primary N) is 1. The first-order valence-corrected chi connectivity index (χ1v) is 14.5. The third-order valence-corrected chi connectivity index (χ3v) is 7.90. The van der Waals surface area contributed by atoms with Gasteiger partial charge in [-0.1, -0.05) is 12.0 Å². The maximum absolute atomic E-state index is 13.5. The summed E-state index contributed by atoms with van der Waals surface area (Å²) in [5, 5.41) is 12.4. The van der Waals surface area contributed by atoms with Crippen molar-refractivity contribution in [3.05, 3.63) is 48.2 Å². The van der Waals surface area contributed by atoms with E-state index in [1.165, 1.54) is 29.9 Å². The van der Waals surface area contributed by atoms with Crippen molar-refractivity contribution in [3.63, 3.8) is 0 Å². The van der Waals surface area contributed by atoms with Crippen molar-refractivity contribution in [2.24, 2.45) is 5.14 Å². The number of alkyl halides is 3. The van der Waals surface area contributed by atoms with E-state index in [1.807, 2.05) is 6.07 Å². The fourth-order valence-corrected chi connectivity index (χ4v) is 5.44. The number of sulfonamides is 1. The van der Waals surface area contributed by atoms with E-state index in [0.717, 1.165) is 31.6 Å². The number of hydrogen-bond donors (Lipinski definition) is 3. The number of halogens is 3. The molecule has 2 heterocycles. The van der Waals surface area contributed by atoms with Gasteiger partial charge >= 0.3 is 6.18 Å². The summed E-state index contributed by atoms with van der Waals surface area (Å²) in [5.41, 5.74) is 1.96. The first-order valence-electron chi connectivity index (χ1n) is 13.0. The van der Waals surface area contributed by atoms with Crippen LogP contribution in [0.1, 0.15) is 32.4 Å². The van der Waals surface area contributed by atoms with Crippen LogP contribution in [0.15, 0.2) is 47.4 Å². The number of aromatic nitrogens is 1. The van der Waals surface area contributed by atoms with Gasteiger partial charge in [0, 0.05) is 42.3 Å². The molecular weight excluding hydrogens is 543 g/mol. The molecule has 1 aliphatic heterocycles. The van der Waals surface area contributed by atoms with Gasteiger partial charge in [0.05, 0.1) is 35.4 Å². The number of methoxy groups -OCH3 is 1. The van der Waals surface area contributed by atoms with Crippen molar-refractivity contribution in [1.29, 1.82) is 0 Å². The second kappa shape index (κ2) is 12.0. The van der Waals surface area contributed by atoms with E-state index in [1.54, 1.807) is 18.2 Å². The molecule has 0 bridgehead atoms. The monoisotopic (exact) mass is 577 g/mol. The minimum absolute atomic E-state index is 0.0815. The molecule has 3 aromatic rings. The Labute approximate surface area is 232 Å². The van der Waals surface area contributed by atoms with Crippen LogP contribution in [0.4, 0.5) is 24.5 Å². The van der Waals surface area contributed by atoms with Crippen LogP contribution in [0.25, 0.3) is 10.9 Å². The Balaban J connectivity index is 1.57. The number of benzene rings is 2. The molecule has 216 valence electrons. The van der Waals surface area contributed by atoms with E-state index >= 15 is 0 Å². The summed E-state index contributed by atoms with van der Waals surface area (Å²) in [5.74, 6) is 6.00. The highest BCUT2D eigenvalue weighted by molar-refractivity contribution is 7.89. The van der Waals surface area contributed by atoms with Crippen molar-refractivity contribution in [3.8, 4) is 17.6 Å². The number of ether oxygens (including phenoxy) is 1. The van der Waals surface area contributed by atoms with Crippen LogP contribution >= 0.6 is 0 Å². The van der Waals surface area contributed by atoms with Gasteiger partial charge in [-0.05, 0) is 62.9 Å². The van der Waals surface area contributed by atoms with Gasteiger partial charge in [0.2, 0.25) is 10.0 Å². The molecule has 1 aliphatic rings. The van der Waals surface area contributed by atoms with Crippen LogP contribution in [0.3, 0.4) is 0 Å². The molecule has 1 saturated heterocycles. The zero-order valence-electron chi connectivity index (χ0n) is 22.7. The third kappa shape index (κ3) is 7.21. The minimum atomic E-state index is -4.42. The van der Waals surface area contributed by atoms with E-state index in [0.29, 0.717) is 22.6 Å². The molecule has 40 heavy (non-hydrogen) atoms. The number of hydrogen-bond acceptors (Lipinski definition) is 6. The Hall–Kier alpha value is -3.40. The van der Waals surface area contributed by atoms with Crippen molar-refractivity contribution >= 4 is 32.3 Å². The molecule has 0 saturated carbocycles. The molecule has 0 aliphatic carbocycles. The van der Waals surface area contributed by atoms with E-state index in [4.69, 9.17) is 9.88 Å². The topological polar surface area (TPSA) is 102 Å². The highest BCUT2D eigenvalue weighted by Gasteiger charge is 2.30. The molecule has 1 fully saturated rings. The lowest BCUT2D eigenvalue weighted by atomic mass is 10.0. The molecule has 0 spiro atoms. The summed E-state index contributed by atoms with van der Waals surface area (Å²) < 4.78 is 70.3. The van der Waals surface area contributed by atoms with Crippen LogP contribution in [0.5, 0.6) is 5.75 Å². The van der Waals surface area contributed by atoms with Crippen LogP contribution in [0, 0.1) is 11.8 Å². The highest BCUT2D eigenvalue weighted by atomic mass is 32.2. The van der Waals surface area contributed by atoms with E-state index in [9.17, 15) is 21.6 Å². The zero-order valence-corrected chi connectivity index (χ0v) is 23.5. The maximum atomic E-state index is 13.5. The summed E-state index contributed by atoms with van der Waals surface area (Å²) in [6.45, 7) is 5.22. The van der Waals surface area contributed by atoms with Crippen LogP contribution in [-0.2, 0) is 16.6 Å². The molecule has 0 atom stereocenters. The number of likely N-dealkylation sites (tertiary alicyclic amines) is 1. The highest BCUT2D eigenvalue weighted by Crippen LogP contribution is 2.32. The number of primary sulfonamides is 1. The molecular formula is C28H34F3N5O3S. The van der Waals surface area contributed by atoms with E-state index < -0.39 is 22.7 Å². The molecule has 0 unspecified atom stereocenters. The number of nitrogens with one attached hydrogen (secondary N) is 2. The molecule has 4 rings (SSSR count). The lowest BCUT2D eigenvalue weighted by Gasteiger charge is -2.35. The van der Waals surface area contributed by atoms with Gasteiger partial charge in [-0.3, -0.25) is 0 Å². The van der Waals surface area contributed by atoms with Gasteiger partial charge in [-0.25, -0.2) is 13.6 Å². The Kier molecular flexibility index (Phi) is 8.87. The van der Waals surface area contributed by atoms with Gasteiger partial charge in [0.15, 0.2) is 0 Å². The average molecular weight is 578 g/mol. The summed E-state index contributed by atoms with van der Waals surface area (Å²) >= 11 is 0. The number of fused-ring (bicyclic) bond motifs is 1. The van der Waals surface area contributed by atoms with E-state index in [2.05, 4.69) is 41.2 Å². The summed E-state index contributed by atoms with van der Waals surface area (Å²) in [4.78, 5) is 2.32. The molecule has 2 aromatic carbocycles. The minimum Gasteiger partial charge on any atom is -0.495 e. The molecule has 4 N–H and O–H groups in total. The second-order valence-electron chi connectivity index (χ2n) is 10.1. The van der Waals surface area contributed by atoms with Gasteiger partial charge in [0.25, 0.3) is 0 Å². The molecule has 1 aromatic heterocycles.